The van der Waals surface area contributed by atoms with E-state index in [1.54, 1.807) is 7.11 Å². The summed E-state index contributed by atoms with van der Waals surface area (Å²) in [7, 11) is 1.65. The predicted octanol–water partition coefficient (Wildman–Crippen LogP) is 4.05. The zero-order valence-corrected chi connectivity index (χ0v) is 17.1. The second kappa shape index (κ2) is 7.54. The van der Waals surface area contributed by atoms with E-state index in [2.05, 4.69) is 12.1 Å². The van der Waals surface area contributed by atoms with E-state index in [1.165, 1.54) is 0 Å². The molecule has 1 aliphatic heterocycles. The molecule has 1 saturated heterocycles. The Hall–Kier alpha value is -2.67. The Morgan fingerprint density at radius 3 is 2.23 bits per heavy atom. The Kier molecular flexibility index (Phi) is 4.85. The average Bonchev–Trinajstić information content (AvgIpc) is 3.45. The monoisotopic (exact) mass is 406 g/mol. The van der Waals surface area contributed by atoms with E-state index in [9.17, 15) is 5.11 Å². The molecule has 0 amide bonds. The highest BCUT2D eigenvalue weighted by atomic mass is 16.7. The van der Waals surface area contributed by atoms with E-state index >= 15 is 0 Å². The van der Waals surface area contributed by atoms with Gasteiger partial charge in [0.1, 0.15) is 11.4 Å². The van der Waals surface area contributed by atoms with Gasteiger partial charge in [0, 0.05) is 18.4 Å². The fourth-order valence-corrected chi connectivity index (χ4v) is 4.43. The molecule has 1 aromatic heterocycles. The van der Waals surface area contributed by atoms with Gasteiger partial charge in [0.15, 0.2) is 5.79 Å². The zero-order valence-electron chi connectivity index (χ0n) is 17.1. The fourth-order valence-electron chi connectivity index (χ4n) is 4.43. The fraction of sp³-hybridized carbons (Fsp3) is 0.375. The van der Waals surface area contributed by atoms with Crippen LogP contribution in [0.5, 0.6) is 5.75 Å². The molecule has 1 saturated carbocycles. The van der Waals surface area contributed by atoms with Crippen molar-refractivity contribution in [3.63, 3.8) is 0 Å². The smallest absolute Gasteiger partial charge is 0.168 e. The summed E-state index contributed by atoms with van der Waals surface area (Å²) in [6.45, 7) is 1.26. The van der Waals surface area contributed by atoms with Gasteiger partial charge in [-0.05, 0) is 43.2 Å². The van der Waals surface area contributed by atoms with Crippen molar-refractivity contribution < 1.29 is 19.3 Å². The lowest BCUT2D eigenvalue weighted by Crippen LogP contribution is -2.42. The third-order valence-corrected chi connectivity index (χ3v) is 6.23. The largest absolute Gasteiger partial charge is 0.497 e. The first-order valence-electron chi connectivity index (χ1n) is 10.4. The van der Waals surface area contributed by atoms with Crippen LogP contribution in [-0.4, -0.2) is 41.0 Å². The third-order valence-electron chi connectivity index (χ3n) is 6.23. The number of aromatic nitrogens is 2. The lowest BCUT2D eigenvalue weighted by Gasteiger charge is -2.39. The molecule has 0 bridgehead atoms. The Morgan fingerprint density at radius 1 is 0.933 bits per heavy atom. The van der Waals surface area contributed by atoms with Gasteiger partial charge in [-0.15, -0.1) is 0 Å². The molecule has 0 unspecified atom stereocenters. The Morgan fingerprint density at radius 2 is 1.60 bits per heavy atom. The third kappa shape index (κ3) is 3.41. The molecule has 0 radical (unpaired) electrons. The standard InChI is InChI=1S/C24H26N2O4/c1-28-20-9-7-19(8-10-20)26-21(18-5-3-2-4-6-18)17-22(25-26)23(27)11-13-24(14-12-23)29-15-16-30-24/h2-10,17,27H,11-16H2,1H3. The van der Waals surface area contributed by atoms with E-state index in [0.717, 1.165) is 22.7 Å². The van der Waals surface area contributed by atoms with Crippen LogP contribution in [0, 0.1) is 0 Å². The van der Waals surface area contributed by atoms with Crippen molar-refractivity contribution >= 4 is 0 Å². The van der Waals surface area contributed by atoms with Gasteiger partial charge in [-0.25, -0.2) is 4.68 Å². The Bertz CT molecular complexity index is 997. The predicted molar refractivity (Wildman–Crippen MR) is 113 cm³/mol. The first-order valence-corrected chi connectivity index (χ1v) is 10.4. The quantitative estimate of drug-likeness (QED) is 0.708. The topological polar surface area (TPSA) is 65.7 Å². The molecule has 2 fully saturated rings. The molecule has 1 spiro atoms. The molecule has 1 aliphatic carbocycles. The summed E-state index contributed by atoms with van der Waals surface area (Å²) in [5.41, 5.74) is 2.59. The van der Waals surface area contributed by atoms with Crippen molar-refractivity contribution in [2.75, 3.05) is 20.3 Å². The van der Waals surface area contributed by atoms with E-state index < -0.39 is 11.4 Å². The number of nitrogens with zero attached hydrogens (tertiary/aromatic N) is 2. The van der Waals surface area contributed by atoms with Gasteiger partial charge >= 0.3 is 0 Å². The van der Waals surface area contributed by atoms with Crippen molar-refractivity contribution in [1.29, 1.82) is 0 Å². The number of benzene rings is 2. The van der Waals surface area contributed by atoms with Crippen LogP contribution in [0.1, 0.15) is 31.4 Å². The summed E-state index contributed by atoms with van der Waals surface area (Å²) in [6, 6.07) is 19.9. The van der Waals surface area contributed by atoms with Gasteiger partial charge in [0.05, 0.1) is 37.4 Å². The summed E-state index contributed by atoms with van der Waals surface area (Å²) in [5, 5.41) is 16.4. The highest BCUT2D eigenvalue weighted by Crippen LogP contribution is 2.45. The maximum atomic E-state index is 11.5. The van der Waals surface area contributed by atoms with Gasteiger partial charge < -0.3 is 19.3 Å². The number of aliphatic hydroxyl groups is 1. The van der Waals surface area contributed by atoms with Crippen LogP contribution >= 0.6 is 0 Å². The Balaban J connectivity index is 1.52. The molecule has 3 aromatic rings. The number of ether oxygens (including phenoxy) is 3. The second-order valence-electron chi connectivity index (χ2n) is 8.03. The maximum Gasteiger partial charge on any atom is 0.168 e. The minimum absolute atomic E-state index is 0.521. The molecule has 6 nitrogen and oxygen atoms in total. The number of methoxy groups -OCH3 is 1. The molecule has 2 heterocycles. The molecule has 6 heteroatoms. The molecule has 1 N–H and O–H groups in total. The zero-order chi connectivity index (χ0) is 20.6. The lowest BCUT2D eigenvalue weighted by molar-refractivity contribution is -0.204. The maximum absolute atomic E-state index is 11.5. The van der Waals surface area contributed by atoms with Crippen molar-refractivity contribution in [2.24, 2.45) is 0 Å². The number of hydrogen-bond acceptors (Lipinski definition) is 5. The van der Waals surface area contributed by atoms with Crippen molar-refractivity contribution in [3.05, 3.63) is 66.4 Å². The minimum Gasteiger partial charge on any atom is -0.497 e. The summed E-state index contributed by atoms with van der Waals surface area (Å²) >= 11 is 0. The second-order valence-corrected chi connectivity index (χ2v) is 8.03. The van der Waals surface area contributed by atoms with Crippen molar-refractivity contribution in [3.8, 4) is 22.7 Å². The van der Waals surface area contributed by atoms with Crippen LogP contribution in [0.25, 0.3) is 16.9 Å². The summed E-state index contributed by atoms with van der Waals surface area (Å²) < 4.78 is 18.8. The first-order chi connectivity index (χ1) is 14.6. The van der Waals surface area contributed by atoms with Crippen LogP contribution in [-0.2, 0) is 15.1 Å². The van der Waals surface area contributed by atoms with Crippen LogP contribution in [0.15, 0.2) is 60.7 Å². The molecular formula is C24H26N2O4. The normalized spacial score (nSPS) is 19.8. The van der Waals surface area contributed by atoms with Crippen LogP contribution in [0.4, 0.5) is 0 Å². The van der Waals surface area contributed by atoms with Gasteiger partial charge in [-0.2, -0.15) is 5.10 Å². The SMILES string of the molecule is COc1ccc(-n2nc(C3(O)CCC4(CC3)OCCO4)cc2-c2ccccc2)cc1. The Labute approximate surface area is 176 Å². The molecule has 2 aromatic carbocycles. The molecule has 156 valence electrons. The first kappa shape index (κ1) is 19.3. The van der Waals surface area contributed by atoms with E-state index in [0.29, 0.717) is 44.6 Å². The van der Waals surface area contributed by atoms with E-state index in [-0.39, 0.29) is 0 Å². The van der Waals surface area contributed by atoms with E-state index in [4.69, 9.17) is 19.3 Å². The van der Waals surface area contributed by atoms with Crippen LogP contribution < -0.4 is 4.74 Å². The van der Waals surface area contributed by atoms with E-state index in [1.807, 2.05) is 53.2 Å². The van der Waals surface area contributed by atoms with Gasteiger partial charge in [-0.3, -0.25) is 0 Å². The molecular weight excluding hydrogens is 380 g/mol. The summed E-state index contributed by atoms with van der Waals surface area (Å²) in [6.07, 6.45) is 2.45. The lowest BCUT2D eigenvalue weighted by atomic mass is 9.79. The van der Waals surface area contributed by atoms with Crippen LogP contribution in [0.2, 0.25) is 0 Å². The van der Waals surface area contributed by atoms with Crippen molar-refractivity contribution in [2.45, 2.75) is 37.1 Å². The highest BCUT2D eigenvalue weighted by molar-refractivity contribution is 5.63. The summed E-state index contributed by atoms with van der Waals surface area (Å²) in [4.78, 5) is 0. The molecule has 0 atom stereocenters. The molecule has 2 aliphatic rings. The minimum atomic E-state index is -0.998. The highest BCUT2D eigenvalue weighted by Gasteiger charge is 2.47. The van der Waals surface area contributed by atoms with Crippen molar-refractivity contribution in [1.82, 2.24) is 9.78 Å². The average molecular weight is 406 g/mol. The number of rotatable bonds is 4. The summed E-state index contributed by atoms with van der Waals surface area (Å²) in [5.74, 6) is 0.271. The molecule has 30 heavy (non-hydrogen) atoms. The number of hydrogen-bond donors (Lipinski definition) is 1. The van der Waals surface area contributed by atoms with Gasteiger partial charge in [0.25, 0.3) is 0 Å². The van der Waals surface area contributed by atoms with Gasteiger partial charge in [0.2, 0.25) is 0 Å². The molecule has 5 rings (SSSR count). The van der Waals surface area contributed by atoms with Crippen LogP contribution in [0.3, 0.4) is 0 Å². The van der Waals surface area contributed by atoms with Gasteiger partial charge in [-0.1, -0.05) is 30.3 Å².